The summed E-state index contributed by atoms with van der Waals surface area (Å²) in [6.07, 6.45) is 7.27. The standard InChI is InChI=1S/C20H21N3O3S/c1-27(24,25)12-23-19(14-9-10-14)20(18(22-23)13-7-8-13)26-17-6-2-5-16-15(17)4-3-11-21-16/h2-6,11,13-14H,7-10,12H2,1H3. The van der Waals surface area contributed by atoms with Gasteiger partial charge in [-0.15, -0.1) is 0 Å². The zero-order chi connectivity index (χ0) is 18.6. The molecule has 0 saturated heterocycles. The molecule has 0 radical (unpaired) electrons. The Morgan fingerprint density at radius 1 is 1.11 bits per heavy atom. The zero-order valence-corrected chi connectivity index (χ0v) is 15.9. The van der Waals surface area contributed by atoms with Gasteiger partial charge in [-0.25, -0.2) is 13.1 Å². The molecule has 0 atom stereocenters. The van der Waals surface area contributed by atoms with Crippen LogP contribution in [0.25, 0.3) is 10.9 Å². The Balaban J connectivity index is 1.64. The van der Waals surface area contributed by atoms with Gasteiger partial charge in [0.15, 0.2) is 15.6 Å². The van der Waals surface area contributed by atoms with Gasteiger partial charge in [-0.2, -0.15) is 5.10 Å². The van der Waals surface area contributed by atoms with E-state index in [4.69, 9.17) is 9.84 Å². The van der Waals surface area contributed by atoms with E-state index in [9.17, 15) is 8.42 Å². The fraction of sp³-hybridized carbons (Fsp3) is 0.400. The van der Waals surface area contributed by atoms with Crippen molar-refractivity contribution in [2.24, 2.45) is 0 Å². The minimum absolute atomic E-state index is 0.0982. The van der Waals surface area contributed by atoms with Crippen LogP contribution in [0.4, 0.5) is 0 Å². The van der Waals surface area contributed by atoms with Crippen LogP contribution in [-0.4, -0.2) is 29.4 Å². The Labute approximate surface area is 158 Å². The normalized spacial score (nSPS) is 17.4. The average Bonchev–Trinajstić information content (AvgIpc) is 3.53. The molecule has 6 nitrogen and oxygen atoms in total. The molecule has 2 saturated carbocycles. The summed E-state index contributed by atoms with van der Waals surface area (Å²) in [6.45, 7) is 0. The third kappa shape index (κ3) is 3.32. The van der Waals surface area contributed by atoms with Gasteiger partial charge < -0.3 is 4.74 Å². The first-order valence-electron chi connectivity index (χ1n) is 9.29. The third-order valence-corrected chi connectivity index (χ3v) is 5.79. The Morgan fingerprint density at radius 3 is 2.59 bits per heavy atom. The lowest BCUT2D eigenvalue weighted by atomic mass is 10.1. The minimum Gasteiger partial charge on any atom is -0.453 e. The topological polar surface area (TPSA) is 74.1 Å². The molecule has 0 aliphatic heterocycles. The van der Waals surface area contributed by atoms with Crippen LogP contribution >= 0.6 is 0 Å². The molecule has 0 spiro atoms. The van der Waals surface area contributed by atoms with Crippen LogP contribution in [0.1, 0.15) is 48.9 Å². The van der Waals surface area contributed by atoms with E-state index < -0.39 is 9.84 Å². The summed E-state index contributed by atoms with van der Waals surface area (Å²) in [5.41, 5.74) is 2.71. The van der Waals surface area contributed by atoms with Gasteiger partial charge in [0.25, 0.3) is 0 Å². The summed E-state index contributed by atoms with van der Waals surface area (Å²) in [5.74, 6) is 2.10. The number of ether oxygens (including phenoxy) is 1. The lowest BCUT2D eigenvalue weighted by Gasteiger charge is -2.11. The van der Waals surface area contributed by atoms with Crippen molar-refractivity contribution < 1.29 is 13.2 Å². The Kier molecular flexibility index (Phi) is 3.75. The fourth-order valence-electron chi connectivity index (χ4n) is 3.55. The van der Waals surface area contributed by atoms with Crippen molar-refractivity contribution in [1.29, 1.82) is 0 Å². The van der Waals surface area contributed by atoms with E-state index >= 15 is 0 Å². The van der Waals surface area contributed by atoms with Gasteiger partial charge in [0.2, 0.25) is 0 Å². The van der Waals surface area contributed by atoms with Gasteiger partial charge in [0, 0.05) is 29.7 Å². The summed E-state index contributed by atoms with van der Waals surface area (Å²) in [6, 6.07) is 9.71. The quantitative estimate of drug-likeness (QED) is 0.644. The predicted octanol–water partition coefficient (Wildman–Crippen LogP) is 3.98. The summed E-state index contributed by atoms with van der Waals surface area (Å²) in [5, 5.41) is 5.64. The molecule has 140 valence electrons. The molecule has 2 aromatic heterocycles. The molecule has 0 unspecified atom stereocenters. The molecule has 3 aromatic rings. The SMILES string of the molecule is CS(=O)(=O)Cn1nc(C2CC2)c(Oc2cccc3ncccc23)c1C1CC1. The molecule has 0 N–H and O–H groups in total. The van der Waals surface area contributed by atoms with Crippen molar-refractivity contribution in [2.75, 3.05) is 6.26 Å². The van der Waals surface area contributed by atoms with Gasteiger partial charge in [-0.1, -0.05) is 6.07 Å². The Morgan fingerprint density at radius 2 is 1.89 bits per heavy atom. The first-order valence-corrected chi connectivity index (χ1v) is 11.4. The van der Waals surface area contributed by atoms with Gasteiger partial charge >= 0.3 is 0 Å². The number of rotatable bonds is 6. The van der Waals surface area contributed by atoms with Crippen molar-refractivity contribution in [3.05, 3.63) is 47.9 Å². The van der Waals surface area contributed by atoms with E-state index in [2.05, 4.69) is 4.98 Å². The summed E-state index contributed by atoms with van der Waals surface area (Å²) >= 11 is 0. The van der Waals surface area contributed by atoms with Gasteiger partial charge in [-0.05, 0) is 49.9 Å². The molecule has 27 heavy (non-hydrogen) atoms. The van der Waals surface area contributed by atoms with E-state index in [0.717, 1.165) is 59.5 Å². The fourth-order valence-corrected chi connectivity index (χ4v) is 4.19. The molecular formula is C20H21N3O3S. The van der Waals surface area contributed by atoms with E-state index in [1.165, 1.54) is 6.26 Å². The zero-order valence-electron chi connectivity index (χ0n) is 15.1. The highest BCUT2D eigenvalue weighted by atomic mass is 32.2. The van der Waals surface area contributed by atoms with Gasteiger partial charge in [-0.3, -0.25) is 4.98 Å². The van der Waals surface area contributed by atoms with Crippen LogP contribution in [0.15, 0.2) is 36.5 Å². The monoisotopic (exact) mass is 383 g/mol. The second-order valence-electron chi connectivity index (χ2n) is 7.63. The molecule has 2 aliphatic rings. The number of fused-ring (bicyclic) bond motifs is 1. The highest BCUT2D eigenvalue weighted by molar-refractivity contribution is 7.89. The van der Waals surface area contributed by atoms with Crippen LogP contribution in [0.2, 0.25) is 0 Å². The number of hydrogen-bond donors (Lipinski definition) is 0. The minimum atomic E-state index is -3.19. The van der Waals surface area contributed by atoms with E-state index in [0.29, 0.717) is 11.8 Å². The van der Waals surface area contributed by atoms with E-state index in [-0.39, 0.29) is 5.88 Å². The highest BCUT2D eigenvalue weighted by Gasteiger charge is 2.39. The van der Waals surface area contributed by atoms with Crippen LogP contribution in [-0.2, 0) is 15.7 Å². The smallest absolute Gasteiger partial charge is 0.172 e. The number of nitrogens with zero attached hydrogens (tertiary/aromatic N) is 3. The summed E-state index contributed by atoms with van der Waals surface area (Å²) in [7, 11) is -3.19. The molecule has 0 amide bonds. The van der Waals surface area contributed by atoms with E-state index in [1.54, 1.807) is 10.9 Å². The third-order valence-electron chi connectivity index (χ3n) is 5.07. The molecule has 7 heteroatoms. The molecule has 2 aliphatic carbocycles. The molecule has 0 bridgehead atoms. The van der Waals surface area contributed by atoms with Gasteiger partial charge in [0.05, 0.1) is 11.2 Å². The molecule has 1 aromatic carbocycles. The first kappa shape index (κ1) is 16.7. The predicted molar refractivity (Wildman–Crippen MR) is 103 cm³/mol. The van der Waals surface area contributed by atoms with Crippen molar-refractivity contribution >= 4 is 20.7 Å². The van der Waals surface area contributed by atoms with Crippen LogP contribution in [0.5, 0.6) is 11.5 Å². The number of hydrogen-bond acceptors (Lipinski definition) is 5. The summed E-state index contributed by atoms with van der Waals surface area (Å²) < 4.78 is 31.9. The second kappa shape index (κ2) is 6.05. The molecular weight excluding hydrogens is 362 g/mol. The number of sulfone groups is 1. The van der Waals surface area contributed by atoms with Gasteiger partial charge in [0.1, 0.15) is 17.3 Å². The molecule has 2 fully saturated rings. The largest absolute Gasteiger partial charge is 0.453 e. The highest BCUT2D eigenvalue weighted by Crippen LogP contribution is 2.52. The van der Waals surface area contributed by atoms with Crippen molar-refractivity contribution in [2.45, 2.75) is 43.4 Å². The Bertz CT molecular complexity index is 1120. The maximum Gasteiger partial charge on any atom is 0.172 e. The number of aromatic nitrogens is 3. The average molecular weight is 383 g/mol. The first-order chi connectivity index (χ1) is 13.0. The maximum absolute atomic E-state index is 11.9. The molecule has 2 heterocycles. The van der Waals surface area contributed by atoms with Crippen molar-refractivity contribution in [3.8, 4) is 11.5 Å². The lowest BCUT2D eigenvalue weighted by molar-refractivity contribution is 0.473. The number of pyridine rings is 1. The second-order valence-corrected chi connectivity index (χ2v) is 9.74. The lowest BCUT2D eigenvalue weighted by Crippen LogP contribution is -2.13. The van der Waals surface area contributed by atoms with Crippen molar-refractivity contribution in [3.63, 3.8) is 0 Å². The molecule has 5 rings (SSSR count). The summed E-state index contributed by atoms with van der Waals surface area (Å²) in [4.78, 5) is 4.40. The number of benzene rings is 1. The Hall–Kier alpha value is -2.41. The van der Waals surface area contributed by atoms with Crippen LogP contribution in [0, 0.1) is 0 Å². The maximum atomic E-state index is 11.9. The van der Waals surface area contributed by atoms with Crippen LogP contribution in [0.3, 0.4) is 0 Å². The van der Waals surface area contributed by atoms with Crippen LogP contribution < -0.4 is 4.74 Å². The van der Waals surface area contributed by atoms with E-state index in [1.807, 2.05) is 30.3 Å². The van der Waals surface area contributed by atoms with Crippen molar-refractivity contribution in [1.82, 2.24) is 14.8 Å².